The fraction of sp³-hybridized carbons (Fsp3) is 0.606. The molecule has 2 bridgehead atoms. The van der Waals surface area contributed by atoms with Crippen LogP contribution in [0, 0.1) is 39.2 Å². The number of nitrogens with two attached hydrogens (primary N) is 1. The number of fused-ring (bicyclic) bond motifs is 1. The number of Topliss-reactive ketones (excluding diaryl/α,β-unsaturated/α-hetero) is 1. The number of nitrogens with one attached hydrogen (secondary N) is 2. The summed E-state index contributed by atoms with van der Waals surface area (Å²) in [7, 11) is -0.573. The molecule has 4 aliphatic rings. The molecule has 2 aromatic carbocycles. The summed E-state index contributed by atoms with van der Waals surface area (Å²) >= 11 is 0. The molecule has 0 unspecified atom stereocenters. The van der Waals surface area contributed by atoms with Gasteiger partial charge in [0.1, 0.15) is 0 Å². The molecular weight excluding hydrogens is 573 g/mol. The van der Waals surface area contributed by atoms with Crippen molar-refractivity contribution in [1.82, 2.24) is 10.7 Å². The number of hydrogen-bond donors (Lipinski definition) is 3. The fourth-order valence-electron chi connectivity index (χ4n) is 7.81. The van der Waals surface area contributed by atoms with E-state index in [1.807, 2.05) is 41.8 Å². The normalized spacial score (nSPS) is 26.6. The van der Waals surface area contributed by atoms with Crippen molar-refractivity contribution in [3.8, 4) is 0 Å². The minimum absolute atomic E-state index is 0.00721. The minimum Gasteiger partial charge on any atom is -0.404 e. The second-order valence-electron chi connectivity index (χ2n) is 14.2. The summed E-state index contributed by atoms with van der Waals surface area (Å²) in [5.74, 6) is -0.423. The summed E-state index contributed by atoms with van der Waals surface area (Å²) in [5.41, 5.74) is 7.73. The maximum atomic E-state index is 14.0. The maximum absolute atomic E-state index is 14.0. The highest BCUT2D eigenvalue weighted by molar-refractivity contribution is 6.47. The molecule has 1 aliphatic heterocycles. The average molecular weight is 620 g/mol. The minimum atomic E-state index is -0.778. The molecule has 4 N–H and O–H groups in total. The van der Waals surface area contributed by atoms with Crippen LogP contribution in [0.4, 0.5) is 0 Å². The van der Waals surface area contributed by atoms with Crippen molar-refractivity contribution in [2.24, 2.45) is 39.8 Å². The van der Waals surface area contributed by atoms with Gasteiger partial charge in [-0.15, -0.1) is 0 Å². The summed E-state index contributed by atoms with van der Waals surface area (Å²) in [6, 6.07) is 13.4. The van der Waals surface area contributed by atoms with Crippen molar-refractivity contribution in [3.63, 3.8) is 0 Å². The van der Waals surface area contributed by atoms with E-state index in [1.54, 1.807) is 6.07 Å². The van der Waals surface area contributed by atoms with Gasteiger partial charge in [0.15, 0.2) is 10.8 Å². The molecule has 3 saturated carbocycles. The van der Waals surface area contributed by atoms with Crippen LogP contribution in [0.3, 0.4) is 0 Å². The maximum Gasteiger partial charge on any atom is 0.481 e. The first kappa shape index (κ1) is 32.9. The lowest BCUT2D eigenvalue weighted by Crippen LogP contribution is -2.65. The van der Waals surface area contributed by atoms with E-state index >= 15 is 0 Å². The SMILES string of the molecule is CC(C)C[C@H](NC(=O)[C@H](CCCN=C(N)N[N+](=O)[O-])CC(=O)c1ccc2ccccc2c1)B1O[C@@H]2C[C@@H]3C[C@@H](C3(C)C)[C@]2(C)O1. The summed E-state index contributed by atoms with van der Waals surface area (Å²) in [6.07, 6.45) is 3.51. The molecular formula is C33H46BN5O6. The molecule has 11 nitrogen and oxygen atoms in total. The molecule has 4 fully saturated rings. The molecule has 1 heterocycles. The highest BCUT2D eigenvalue weighted by Crippen LogP contribution is 2.65. The van der Waals surface area contributed by atoms with Gasteiger partial charge in [-0.3, -0.25) is 9.59 Å². The zero-order valence-electron chi connectivity index (χ0n) is 27.0. The number of rotatable bonds is 13. The largest absolute Gasteiger partial charge is 0.481 e. The van der Waals surface area contributed by atoms with E-state index in [-0.39, 0.29) is 54.0 Å². The Morgan fingerprint density at radius 3 is 2.58 bits per heavy atom. The Morgan fingerprint density at radius 2 is 1.89 bits per heavy atom. The van der Waals surface area contributed by atoms with Crippen LogP contribution in [0.5, 0.6) is 0 Å². The van der Waals surface area contributed by atoms with Crippen molar-refractivity contribution in [2.45, 2.75) is 90.8 Å². The van der Waals surface area contributed by atoms with Crippen molar-refractivity contribution >= 4 is 35.5 Å². The first-order valence-corrected chi connectivity index (χ1v) is 16.1. The molecule has 2 aromatic rings. The molecule has 1 amide bonds. The molecule has 0 spiro atoms. The first-order chi connectivity index (χ1) is 21.3. The molecule has 12 heteroatoms. The summed E-state index contributed by atoms with van der Waals surface area (Å²) < 4.78 is 13.3. The number of ketones is 1. The van der Waals surface area contributed by atoms with Crippen molar-refractivity contribution in [1.29, 1.82) is 0 Å². The second-order valence-corrected chi connectivity index (χ2v) is 14.2. The van der Waals surface area contributed by atoms with E-state index in [1.165, 1.54) is 0 Å². The van der Waals surface area contributed by atoms with Gasteiger partial charge in [0.25, 0.3) is 5.96 Å². The number of hydrazine groups is 1. The third-order valence-electron chi connectivity index (χ3n) is 10.4. The zero-order chi connectivity index (χ0) is 32.5. The number of guanidine groups is 1. The lowest BCUT2D eigenvalue weighted by molar-refractivity contribution is -0.525. The Labute approximate surface area is 265 Å². The standard InChI is InChI=1S/C33H46BN5O6/c1-20(2)15-29(34-44-28-19-25-18-27(32(25,3)4)33(28,5)45-34)37-30(41)24(11-8-14-36-31(35)38-39(42)43)17-26(40)23-13-12-21-9-6-7-10-22(21)16-23/h6-7,9-10,12-13,16,20,24-25,27-29H,8,11,14-15,17-19H2,1-5H3,(H,37,41)(H3,35,36,38)/t24-,25+,27+,28-,29+,33+/m1/s1. The number of carbonyl (C=O) groups is 2. The third-order valence-corrected chi connectivity index (χ3v) is 10.4. The van der Waals surface area contributed by atoms with Gasteiger partial charge in [-0.1, -0.05) is 69.5 Å². The zero-order valence-corrected chi connectivity index (χ0v) is 27.0. The van der Waals surface area contributed by atoms with Crippen molar-refractivity contribution in [3.05, 3.63) is 58.1 Å². The number of nitro groups is 1. The van der Waals surface area contributed by atoms with Gasteiger partial charge >= 0.3 is 7.12 Å². The topological polar surface area (TPSA) is 158 Å². The highest BCUT2D eigenvalue weighted by atomic mass is 16.7. The molecule has 6 atom stereocenters. The monoisotopic (exact) mass is 619 g/mol. The fourth-order valence-corrected chi connectivity index (χ4v) is 7.81. The number of carbonyl (C=O) groups excluding carboxylic acids is 2. The van der Waals surface area contributed by atoms with Crippen molar-refractivity contribution in [2.75, 3.05) is 6.54 Å². The molecule has 242 valence electrons. The number of hydrogen-bond acceptors (Lipinski definition) is 7. The van der Waals surface area contributed by atoms with Gasteiger partial charge in [-0.05, 0) is 79.0 Å². The quantitative estimate of drug-likeness (QED) is 0.0554. The number of benzene rings is 2. The van der Waals surface area contributed by atoms with E-state index in [9.17, 15) is 19.7 Å². The van der Waals surface area contributed by atoms with Crippen molar-refractivity contribution < 1.29 is 23.9 Å². The Hall–Kier alpha value is -3.51. The van der Waals surface area contributed by atoms with Crippen LogP contribution in [0.2, 0.25) is 0 Å². The molecule has 0 radical (unpaired) electrons. The van der Waals surface area contributed by atoms with Gasteiger partial charge in [0.05, 0.1) is 17.6 Å². The van der Waals surface area contributed by atoms with E-state index in [4.69, 9.17) is 15.0 Å². The van der Waals surface area contributed by atoms with Gasteiger partial charge in [0.2, 0.25) is 5.91 Å². The number of aliphatic imine (C=N–C) groups is 1. The third kappa shape index (κ3) is 7.01. The summed E-state index contributed by atoms with van der Waals surface area (Å²) in [5, 5.41) is 15.1. The predicted molar refractivity (Wildman–Crippen MR) is 174 cm³/mol. The van der Waals surface area contributed by atoms with E-state index < -0.39 is 23.7 Å². The lowest BCUT2D eigenvalue weighted by Gasteiger charge is -2.64. The molecule has 6 rings (SSSR count). The Morgan fingerprint density at radius 1 is 1.16 bits per heavy atom. The van der Waals surface area contributed by atoms with Crippen LogP contribution in [0.25, 0.3) is 10.8 Å². The number of amides is 1. The smallest absolute Gasteiger partial charge is 0.404 e. The highest BCUT2D eigenvalue weighted by Gasteiger charge is 2.68. The van der Waals surface area contributed by atoms with Crippen LogP contribution in [0.1, 0.15) is 83.5 Å². The molecule has 45 heavy (non-hydrogen) atoms. The van der Waals surface area contributed by atoms with Crippen LogP contribution in [-0.4, -0.2) is 54.0 Å². The van der Waals surface area contributed by atoms with Gasteiger partial charge < -0.3 is 20.4 Å². The number of nitrogens with zero attached hydrogens (tertiary/aromatic N) is 2. The predicted octanol–water partition coefficient (Wildman–Crippen LogP) is 4.70. The van der Waals surface area contributed by atoms with Crippen LogP contribution in [-0.2, 0) is 14.1 Å². The van der Waals surface area contributed by atoms with Crippen LogP contribution < -0.4 is 16.5 Å². The van der Waals surface area contributed by atoms with Gasteiger partial charge in [-0.25, -0.2) is 15.1 Å². The van der Waals surface area contributed by atoms with Gasteiger partial charge in [0, 0.05) is 24.4 Å². The molecule has 3 aliphatic carbocycles. The summed E-state index contributed by atoms with van der Waals surface area (Å²) in [4.78, 5) is 42.1. The second kappa shape index (κ2) is 13.1. The van der Waals surface area contributed by atoms with Gasteiger partial charge in [-0.2, -0.15) is 0 Å². The summed E-state index contributed by atoms with van der Waals surface area (Å²) in [6.45, 7) is 11.2. The average Bonchev–Trinajstić information content (AvgIpc) is 3.34. The molecule has 1 saturated heterocycles. The lowest BCUT2D eigenvalue weighted by atomic mass is 9.43. The van der Waals surface area contributed by atoms with Crippen LogP contribution in [0.15, 0.2) is 47.5 Å². The Bertz CT molecular complexity index is 1470. The Kier molecular flexibility index (Phi) is 9.56. The van der Waals surface area contributed by atoms with E-state index in [2.05, 4.69) is 44.9 Å². The van der Waals surface area contributed by atoms with E-state index in [0.717, 1.165) is 23.6 Å². The van der Waals surface area contributed by atoms with E-state index in [0.29, 0.717) is 36.7 Å². The first-order valence-electron chi connectivity index (χ1n) is 16.1. The Balaban J connectivity index is 1.31. The molecule has 0 aromatic heterocycles. The van der Waals surface area contributed by atoms with Crippen LogP contribution >= 0.6 is 0 Å².